The average Bonchev–Trinajstić information content (AvgIpc) is 3.91. The van der Waals surface area contributed by atoms with Gasteiger partial charge in [-0.25, -0.2) is 22.7 Å². The smallest absolute Gasteiger partial charge is 0.407 e. The van der Waals surface area contributed by atoms with Crippen molar-refractivity contribution in [3.8, 4) is 16.9 Å². The largest absolute Gasteiger partial charge is 0.487 e. The van der Waals surface area contributed by atoms with E-state index in [1.165, 1.54) is 4.90 Å². The fraction of sp³-hybridized carbons (Fsp3) is 0.489. The van der Waals surface area contributed by atoms with Crippen LogP contribution < -0.4 is 25.8 Å². The molecular formula is C45H58N6O9S. The number of aliphatic imine (C=N–C) groups is 1. The maximum atomic E-state index is 14.0. The highest BCUT2D eigenvalue weighted by atomic mass is 32.2. The van der Waals surface area contributed by atoms with Crippen LogP contribution in [-0.4, -0.2) is 91.7 Å². The van der Waals surface area contributed by atoms with Gasteiger partial charge in [-0.3, -0.25) is 14.6 Å². The summed E-state index contributed by atoms with van der Waals surface area (Å²) in [6.07, 6.45) is 0.933. The van der Waals surface area contributed by atoms with E-state index in [1.54, 1.807) is 13.8 Å². The Labute approximate surface area is 357 Å². The lowest BCUT2D eigenvalue weighted by atomic mass is 9.94. The second-order valence-corrected chi connectivity index (χ2v) is 18.9. The van der Waals surface area contributed by atoms with Gasteiger partial charge in [-0.2, -0.15) is 0 Å². The summed E-state index contributed by atoms with van der Waals surface area (Å²) >= 11 is 0. The predicted molar refractivity (Wildman–Crippen MR) is 231 cm³/mol. The van der Waals surface area contributed by atoms with Crippen molar-refractivity contribution in [1.82, 2.24) is 20.3 Å². The van der Waals surface area contributed by atoms with Gasteiger partial charge in [-0.15, -0.1) is 0 Å². The zero-order valence-corrected chi connectivity index (χ0v) is 36.8. The van der Waals surface area contributed by atoms with Crippen molar-refractivity contribution in [3.05, 3.63) is 81.9 Å². The van der Waals surface area contributed by atoms with Crippen LogP contribution in [0, 0.1) is 26.7 Å². The first-order valence-electron chi connectivity index (χ1n) is 20.9. The standard InChI is InChI=1S/C45H58N6O9S/c1-25(2)22-36(49-44(56)59-24-34-31-16-10-8-14-29(31)30-15-9-11-17-32(30)34)40(52)48-35(41(53)51-21-13-19-37(51)42(54)55)18-12-20-47-43(46)50-61(57,58)39-27(4)26(3)38-33(28(39)5)23-45(6,7)60-38/h8-11,14-17,25,34-37H,12-13,18-24H2,1-7H3,(H,48,52)(H,49,56)(H,54,55)(H3,46,47,50)/t35-,36-,37-/m0/s1. The van der Waals surface area contributed by atoms with Crippen LogP contribution in [0.4, 0.5) is 4.79 Å². The number of nitrogens with two attached hydrogens (primary N) is 1. The molecule has 6 N–H and O–H groups in total. The maximum Gasteiger partial charge on any atom is 0.407 e. The van der Waals surface area contributed by atoms with E-state index in [0.717, 1.165) is 33.4 Å². The van der Waals surface area contributed by atoms with E-state index >= 15 is 0 Å². The number of ether oxygens (including phenoxy) is 2. The molecule has 3 aromatic carbocycles. The number of guanidine groups is 1. The van der Waals surface area contributed by atoms with Crippen molar-refractivity contribution in [3.63, 3.8) is 0 Å². The number of hydrogen-bond donors (Lipinski definition) is 5. The molecule has 61 heavy (non-hydrogen) atoms. The number of carbonyl (C=O) groups is 4. The van der Waals surface area contributed by atoms with Crippen LogP contribution in [0.3, 0.4) is 0 Å². The number of fused-ring (bicyclic) bond motifs is 4. The third kappa shape index (κ3) is 9.79. The Morgan fingerprint density at radius 1 is 0.967 bits per heavy atom. The summed E-state index contributed by atoms with van der Waals surface area (Å²) in [4.78, 5) is 58.9. The molecule has 2 aliphatic heterocycles. The lowest BCUT2D eigenvalue weighted by Gasteiger charge is -2.29. The number of aliphatic carboxylic acids is 1. The first-order valence-corrected chi connectivity index (χ1v) is 22.4. The van der Waals surface area contributed by atoms with E-state index in [4.69, 9.17) is 15.2 Å². The normalized spacial score (nSPS) is 17.8. The summed E-state index contributed by atoms with van der Waals surface area (Å²) < 4.78 is 41.7. The number of benzene rings is 3. The summed E-state index contributed by atoms with van der Waals surface area (Å²) in [5.74, 6) is -2.23. The number of alkyl carbamates (subject to hydrolysis) is 1. The summed E-state index contributed by atoms with van der Waals surface area (Å²) in [5, 5.41) is 15.3. The van der Waals surface area contributed by atoms with Gasteiger partial charge in [0.25, 0.3) is 10.0 Å². The summed E-state index contributed by atoms with van der Waals surface area (Å²) in [5.41, 5.74) is 12.5. The minimum absolute atomic E-state index is 0.0208. The van der Waals surface area contributed by atoms with Crippen molar-refractivity contribution in [2.24, 2.45) is 16.6 Å². The summed E-state index contributed by atoms with van der Waals surface area (Å²) in [6.45, 7) is 13.2. The lowest BCUT2D eigenvalue weighted by molar-refractivity contribution is -0.149. The number of amides is 3. The second kappa shape index (κ2) is 18.1. The van der Waals surface area contributed by atoms with Crippen LogP contribution in [0.15, 0.2) is 58.4 Å². The molecule has 6 rings (SSSR count). The molecule has 1 saturated heterocycles. The van der Waals surface area contributed by atoms with Crippen molar-refractivity contribution < 1.29 is 42.2 Å². The number of rotatable bonds is 15. The molecular weight excluding hydrogens is 801 g/mol. The molecule has 1 fully saturated rings. The Morgan fingerprint density at radius 2 is 1.61 bits per heavy atom. The Balaban J connectivity index is 1.13. The van der Waals surface area contributed by atoms with E-state index in [-0.39, 0.29) is 68.1 Å². The van der Waals surface area contributed by atoms with Crippen molar-refractivity contribution in [2.75, 3.05) is 19.7 Å². The Bertz CT molecular complexity index is 2300. The van der Waals surface area contributed by atoms with Crippen LogP contribution in [0.2, 0.25) is 0 Å². The molecule has 0 spiro atoms. The number of nitrogens with one attached hydrogen (secondary N) is 3. The number of likely N-dealkylation sites (tertiary alicyclic amines) is 1. The van der Waals surface area contributed by atoms with Gasteiger partial charge in [-0.05, 0) is 112 Å². The van der Waals surface area contributed by atoms with Crippen molar-refractivity contribution >= 4 is 39.9 Å². The molecule has 0 bridgehead atoms. The molecule has 328 valence electrons. The molecule has 2 heterocycles. The zero-order valence-electron chi connectivity index (χ0n) is 36.0. The SMILES string of the molecule is Cc1c(C)c(S(=O)(=O)NC(N)=NCCC[C@H](NC(=O)[C@H](CC(C)C)NC(=O)OCC2c3ccccc3-c3ccccc32)C(=O)N2CCC[C@H]2C(=O)O)c(C)c2c1OC(C)(C)C2. The number of carboxylic acid groups (broad SMARTS) is 1. The topological polar surface area (TPSA) is 219 Å². The molecule has 0 unspecified atom stereocenters. The Kier molecular flexibility index (Phi) is 13.4. The van der Waals surface area contributed by atoms with E-state index < -0.39 is 57.6 Å². The Hall–Kier alpha value is -5.64. The molecule has 3 amide bonds. The highest BCUT2D eigenvalue weighted by Crippen LogP contribution is 2.45. The van der Waals surface area contributed by atoms with E-state index in [0.29, 0.717) is 29.7 Å². The first kappa shape index (κ1) is 44.9. The van der Waals surface area contributed by atoms with Gasteiger partial charge in [0.05, 0.1) is 4.90 Å². The molecule has 0 aromatic heterocycles. The fourth-order valence-electron chi connectivity index (χ4n) is 8.87. The van der Waals surface area contributed by atoms with Crippen LogP contribution in [0.1, 0.15) is 99.1 Å². The van der Waals surface area contributed by atoms with Crippen LogP contribution in [0.5, 0.6) is 5.75 Å². The van der Waals surface area contributed by atoms with Crippen molar-refractivity contribution in [1.29, 1.82) is 0 Å². The predicted octanol–water partition coefficient (Wildman–Crippen LogP) is 5.21. The quantitative estimate of drug-likeness (QED) is 0.0763. The van der Waals surface area contributed by atoms with Crippen LogP contribution in [0.25, 0.3) is 11.1 Å². The average molecular weight is 859 g/mol. The van der Waals surface area contributed by atoms with E-state index in [9.17, 15) is 32.7 Å². The highest BCUT2D eigenvalue weighted by molar-refractivity contribution is 7.90. The maximum absolute atomic E-state index is 14.0. The molecule has 3 aliphatic rings. The number of nitrogens with zero attached hydrogens (tertiary/aromatic N) is 2. The molecule has 0 saturated carbocycles. The van der Waals surface area contributed by atoms with Gasteiger partial charge in [0, 0.05) is 31.0 Å². The van der Waals surface area contributed by atoms with E-state index in [1.807, 2.05) is 83.1 Å². The lowest BCUT2D eigenvalue weighted by Crippen LogP contribution is -2.56. The van der Waals surface area contributed by atoms with Gasteiger partial charge in [0.2, 0.25) is 17.8 Å². The molecule has 15 nitrogen and oxygen atoms in total. The molecule has 3 atom stereocenters. The second-order valence-electron chi connectivity index (χ2n) is 17.3. The van der Waals surface area contributed by atoms with E-state index in [2.05, 4.69) is 20.3 Å². The van der Waals surface area contributed by atoms with Crippen molar-refractivity contribution in [2.45, 2.75) is 122 Å². The summed E-state index contributed by atoms with van der Waals surface area (Å²) in [7, 11) is -4.15. The third-order valence-corrected chi connectivity index (χ3v) is 13.5. The molecule has 3 aromatic rings. The number of carboxylic acids is 1. The van der Waals surface area contributed by atoms with Crippen LogP contribution in [-0.2, 0) is 35.6 Å². The van der Waals surface area contributed by atoms with Crippen LogP contribution >= 0.6 is 0 Å². The molecule has 1 aliphatic carbocycles. The Morgan fingerprint density at radius 3 is 2.23 bits per heavy atom. The molecule has 0 radical (unpaired) electrons. The zero-order chi connectivity index (χ0) is 44.4. The summed E-state index contributed by atoms with van der Waals surface area (Å²) in [6, 6.07) is 12.6. The fourth-order valence-corrected chi connectivity index (χ4v) is 10.4. The third-order valence-electron chi connectivity index (χ3n) is 11.8. The van der Waals surface area contributed by atoms with Gasteiger partial charge in [-0.1, -0.05) is 62.4 Å². The minimum Gasteiger partial charge on any atom is -0.487 e. The van der Waals surface area contributed by atoms with Gasteiger partial charge in [0.15, 0.2) is 0 Å². The molecule has 16 heteroatoms. The highest BCUT2D eigenvalue weighted by Gasteiger charge is 2.39. The number of hydrogen-bond acceptors (Lipinski definition) is 9. The number of carbonyl (C=O) groups excluding carboxylic acids is 3. The number of sulfonamides is 1. The van der Waals surface area contributed by atoms with Gasteiger partial charge < -0.3 is 35.8 Å². The van der Waals surface area contributed by atoms with Gasteiger partial charge >= 0.3 is 12.1 Å². The first-order chi connectivity index (χ1) is 28.8. The minimum atomic E-state index is -4.15. The monoisotopic (exact) mass is 858 g/mol. The van der Waals surface area contributed by atoms with Gasteiger partial charge in [0.1, 0.15) is 36.1 Å².